The molecule has 0 spiro atoms. The first-order chi connectivity index (χ1) is 5.88. The van der Waals surface area contributed by atoms with Crippen LogP contribution in [-0.2, 0) is 0 Å². The van der Waals surface area contributed by atoms with E-state index in [4.69, 9.17) is 0 Å². The molecule has 0 radical (unpaired) electrons. The molecular formula is C10H7BrO. The molecule has 0 heterocycles. The van der Waals surface area contributed by atoms with Crippen LogP contribution in [0.15, 0.2) is 24.3 Å². The van der Waals surface area contributed by atoms with Gasteiger partial charge in [-0.15, -0.1) is 0 Å². The number of hydrogen-bond acceptors (Lipinski definition) is 1. The Labute approximate surface area is 79.9 Å². The van der Waals surface area contributed by atoms with Crippen LogP contribution in [0.4, 0.5) is 0 Å². The maximum atomic E-state index is 10.5. The minimum absolute atomic E-state index is 0.625. The highest BCUT2D eigenvalue weighted by molar-refractivity contribution is 9.09. The summed E-state index contributed by atoms with van der Waals surface area (Å²) in [6.45, 7) is 0. The Balaban J connectivity index is 3.05. The summed E-state index contributed by atoms with van der Waals surface area (Å²) < 4.78 is 0. The number of alkyl halides is 1. The Morgan fingerprint density at radius 3 is 2.83 bits per heavy atom. The van der Waals surface area contributed by atoms with Gasteiger partial charge in [0.05, 0.1) is 5.33 Å². The summed E-state index contributed by atoms with van der Waals surface area (Å²) in [5, 5.41) is 0.625. The van der Waals surface area contributed by atoms with Crippen LogP contribution in [0.5, 0.6) is 0 Å². The van der Waals surface area contributed by atoms with Crippen LogP contribution in [-0.4, -0.2) is 11.6 Å². The third-order valence-corrected chi connectivity index (χ3v) is 1.66. The molecule has 0 fully saturated rings. The lowest BCUT2D eigenvalue weighted by molar-refractivity contribution is 0.112. The van der Waals surface area contributed by atoms with Gasteiger partial charge in [0.2, 0.25) is 0 Å². The molecule has 0 saturated carbocycles. The molecule has 0 aliphatic carbocycles. The van der Waals surface area contributed by atoms with E-state index in [1.807, 2.05) is 18.2 Å². The second-order valence-corrected chi connectivity index (χ2v) is 2.70. The van der Waals surface area contributed by atoms with Crippen LogP contribution in [0.1, 0.15) is 15.9 Å². The summed E-state index contributed by atoms with van der Waals surface area (Å²) in [7, 11) is 0. The highest BCUT2D eigenvalue weighted by Gasteiger charge is 1.94. The molecule has 0 N–H and O–H groups in total. The summed E-state index contributed by atoms with van der Waals surface area (Å²) in [5.41, 5.74) is 1.43. The molecule has 1 aromatic rings. The van der Waals surface area contributed by atoms with Gasteiger partial charge in [0.25, 0.3) is 0 Å². The number of hydrogen-bond donors (Lipinski definition) is 0. The summed E-state index contributed by atoms with van der Waals surface area (Å²) in [5.74, 6) is 5.73. The molecule has 0 bridgehead atoms. The van der Waals surface area contributed by atoms with Crippen LogP contribution < -0.4 is 0 Å². The second-order valence-electron chi connectivity index (χ2n) is 2.14. The Kier molecular flexibility index (Phi) is 3.56. The van der Waals surface area contributed by atoms with E-state index in [0.717, 1.165) is 11.8 Å². The predicted molar refractivity (Wildman–Crippen MR) is 52.5 cm³/mol. The van der Waals surface area contributed by atoms with Crippen molar-refractivity contribution >= 4 is 22.2 Å². The molecule has 0 saturated heterocycles. The van der Waals surface area contributed by atoms with Crippen molar-refractivity contribution in [2.75, 3.05) is 5.33 Å². The fourth-order valence-electron chi connectivity index (χ4n) is 0.842. The van der Waals surface area contributed by atoms with Crippen molar-refractivity contribution in [2.24, 2.45) is 0 Å². The van der Waals surface area contributed by atoms with Crippen LogP contribution in [0.2, 0.25) is 0 Å². The average Bonchev–Trinajstić information content (AvgIpc) is 2.15. The molecule has 60 valence electrons. The monoisotopic (exact) mass is 222 g/mol. The van der Waals surface area contributed by atoms with Gasteiger partial charge >= 0.3 is 0 Å². The normalized spacial score (nSPS) is 8.42. The van der Waals surface area contributed by atoms with Crippen LogP contribution >= 0.6 is 15.9 Å². The van der Waals surface area contributed by atoms with Gasteiger partial charge in [-0.05, 0) is 6.07 Å². The van der Waals surface area contributed by atoms with Crippen molar-refractivity contribution in [3.8, 4) is 11.8 Å². The van der Waals surface area contributed by atoms with Crippen molar-refractivity contribution in [3.63, 3.8) is 0 Å². The lowest BCUT2D eigenvalue weighted by atomic mass is 10.1. The number of carbonyl (C=O) groups excluding carboxylic acids is 1. The fraction of sp³-hybridized carbons (Fsp3) is 0.100. The van der Waals surface area contributed by atoms with Crippen molar-refractivity contribution < 1.29 is 4.79 Å². The Bertz CT molecular complexity index is 333. The molecule has 12 heavy (non-hydrogen) atoms. The van der Waals surface area contributed by atoms with Gasteiger partial charge in [0, 0.05) is 11.1 Å². The van der Waals surface area contributed by atoms with Crippen LogP contribution in [0.3, 0.4) is 0 Å². The number of rotatable bonds is 1. The first-order valence-electron chi connectivity index (χ1n) is 3.47. The van der Waals surface area contributed by atoms with E-state index in [2.05, 4.69) is 27.8 Å². The van der Waals surface area contributed by atoms with E-state index in [0.29, 0.717) is 10.9 Å². The highest BCUT2D eigenvalue weighted by atomic mass is 79.9. The van der Waals surface area contributed by atoms with E-state index in [1.165, 1.54) is 0 Å². The SMILES string of the molecule is O=Cc1ccccc1C#CCBr. The molecule has 0 atom stereocenters. The first kappa shape index (κ1) is 9.02. The zero-order valence-corrected chi connectivity index (χ0v) is 7.97. The van der Waals surface area contributed by atoms with E-state index < -0.39 is 0 Å². The number of carbonyl (C=O) groups is 1. The van der Waals surface area contributed by atoms with Crippen molar-refractivity contribution in [2.45, 2.75) is 0 Å². The molecule has 1 aromatic carbocycles. The molecule has 1 rings (SSSR count). The number of benzene rings is 1. The second kappa shape index (κ2) is 4.74. The fourth-order valence-corrected chi connectivity index (χ4v) is 0.982. The van der Waals surface area contributed by atoms with E-state index in [1.54, 1.807) is 6.07 Å². The minimum atomic E-state index is 0.625. The maximum Gasteiger partial charge on any atom is 0.151 e. The van der Waals surface area contributed by atoms with Gasteiger partial charge in [-0.25, -0.2) is 0 Å². The Morgan fingerprint density at radius 1 is 1.42 bits per heavy atom. The maximum absolute atomic E-state index is 10.5. The van der Waals surface area contributed by atoms with Gasteiger partial charge in [0.15, 0.2) is 6.29 Å². The predicted octanol–water partition coefficient (Wildman–Crippen LogP) is 2.25. The summed E-state index contributed by atoms with van der Waals surface area (Å²) in [4.78, 5) is 10.5. The van der Waals surface area contributed by atoms with Gasteiger partial charge in [-0.2, -0.15) is 0 Å². The van der Waals surface area contributed by atoms with Crippen molar-refractivity contribution in [3.05, 3.63) is 35.4 Å². The topological polar surface area (TPSA) is 17.1 Å². The van der Waals surface area contributed by atoms with E-state index in [9.17, 15) is 4.79 Å². The first-order valence-corrected chi connectivity index (χ1v) is 4.59. The largest absolute Gasteiger partial charge is 0.298 e. The standard InChI is InChI=1S/C10H7BrO/c11-7-3-6-9-4-1-2-5-10(9)8-12/h1-2,4-5,8H,7H2. The number of halogens is 1. The van der Waals surface area contributed by atoms with Gasteiger partial charge in [-0.1, -0.05) is 46.0 Å². The summed E-state index contributed by atoms with van der Waals surface area (Å²) in [6.07, 6.45) is 0.818. The molecule has 0 amide bonds. The third kappa shape index (κ3) is 2.21. The van der Waals surface area contributed by atoms with Gasteiger partial charge in [-0.3, -0.25) is 4.79 Å². The van der Waals surface area contributed by atoms with Crippen LogP contribution in [0.25, 0.3) is 0 Å². The lowest BCUT2D eigenvalue weighted by Crippen LogP contribution is -1.85. The van der Waals surface area contributed by atoms with E-state index >= 15 is 0 Å². The molecule has 1 nitrogen and oxygen atoms in total. The smallest absolute Gasteiger partial charge is 0.151 e. The summed E-state index contributed by atoms with van der Waals surface area (Å²) >= 11 is 3.19. The van der Waals surface area contributed by atoms with Gasteiger partial charge < -0.3 is 0 Å². The zero-order valence-electron chi connectivity index (χ0n) is 6.38. The van der Waals surface area contributed by atoms with Gasteiger partial charge in [0.1, 0.15) is 0 Å². The van der Waals surface area contributed by atoms with Crippen molar-refractivity contribution in [1.29, 1.82) is 0 Å². The number of aldehydes is 1. The molecule has 0 unspecified atom stereocenters. The Hall–Kier alpha value is -1.07. The van der Waals surface area contributed by atoms with E-state index in [-0.39, 0.29) is 0 Å². The Morgan fingerprint density at radius 2 is 2.17 bits per heavy atom. The quantitative estimate of drug-likeness (QED) is 0.405. The molecule has 2 heteroatoms. The highest BCUT2D eigenvalue weighted by Crippen LogP contribution is 2.03. The average molecular weight is 223 g/mol. The minimum Gasteiger partial charge on any atom is -0.298 e. The third-order valence-electron chi connectivity index (χ3n) is 1.38. The molecular weight excluding hydrogens is 216 g/mol. The molecule has 0 aliphatic rings. The van der Waals surface area contributed by atoms with Crippen LogP contribution in [0, 0.1) is 11.8 Å². The lowest BCUT2D eigenvalue weighted by Gasteiger charge is -1.92. The van der Waals surface area contributed by atoms with Crippen molar-refractivity contribution in [1.82, 2.24) is 0 Å². The summed E-state index contributed by atoms with van der Waals surface area (Å²) in [6, 6.07) is 7.28. The molecule has 0 aromatic heterocycles. The zero-order chi connectivity index (χ0) is 8.81. The molecule has 0 aliphatic heterocycles.